The van der Waals surface area contributed by atoms with Crippen LogP contribution >= 0.6 is 15.9 Å². The van der Waals surface area contributed by atoms with Crippen molar-refractivity contribution >= 4 is 22.2 Å². The molecule has 0 fully saturated rings. The summed E-state index contributed by atoms with van der Waals surface area (Å²) in [5.41, 5.74) is 3.03. The Morgan fingerprint density at radius 1 is 1.12 bits per heavy atom. The lowest BCUT2D eigenvalue weighted by Gasteiger charge is -2.05. The molecule has 82 valence electrons. The van der Waals surface area contributed by atoms with E-state index in [0.29, 0.717) is 11.1 Å². The Bertz CT molecular complexity index is 597. The highest BCUT2D eigenvalue weighted by atomic mass is 79.9. The SMILES string of the molecule is N#Cc1ccc(Br)cc1-c1ccc(C=O)cc1. The van der Waals surface area contributed by atoms with Crippen molar-refractivity contribution in [3.8, 4) is 17.2 Å². The standard InChI is InChI=1S/C14H8BrNO/c15-13-6-5-12(8-16)14(7-13)11-3-1-10(9-17)2-4-11/h1-7,9H. The topological polar surface area (TPSA) is 40.9 Å². The summed E-state index contributed by atoms with van der Waals surface area (Å²) in [5, 5.41) is 9.05. The summed E-state index contributed by atoms with van der Waals surface area (Å²) in [6.45, 7) is 0. The van der Waals surface area contributed by atoms with Crippen molar-refractivity contribution in [1.29, 1.82) is 5.26 Å². The summed E-state index contributed by atoms with van der Waals surface area (Å²) >= 11 is 3.39. The van der Waals surface area contributed by atoms with Crippen molar-refractivity contribution in [2.24, 2.45) is 0 Å². The Hall–Kier alpha value is -1.92. The second kappa shape index (κ2) is 4.94. The molecule has 17 heavy (non-hydrogen) atoms. The third kappa shape index (κ3) is 2.43. The Balaban J connectivity index is 2.55. The monoisotopic (exact) mass is 285 g/mol. The van der Waals surface area contributed by atoms with Gasteiger partial charge < -0.3 is 0 Å². The molecule has 2 aromatic rings. The highest BCUT2D eigenvalue weighted by molar-refractivity contribution is 9.10. The molecule has 3 heteroatoms. The van der Waals surface area contributed by atoms with E-state index in [1.54, 1.807) is 18.2 Å². The summed E-state index contributed by atoms with van der Waals surface area (Å²) in [4.78, 5) is 10.6. The molecule has 0 aliphatic heterocycles. The van der Waals surface area contributed by atoms with E-state index in [1.165, 1.54) is 0 Å². The highest BCUT2D eigenvalue weighted by Gasteiger charge is 2.05. The van der Waals surface area contributed by atoms with E-state index >= 15 is 0 Å². The molecule has 0 aromatic heterocycles. The third-order valence-corrected chi connectivity index (χ3v) is 2.95. The Labute approximate surface area is 108 Å². The van der Waals surface area contributed by atoms with Gasteiger partial charge in [-0.3, -0.25) is 4.79 Å². The molecule has 0 heterocycles. The molecule has 0 spiro atoms. The molecule has 2 rings (SSSR count). The van der Waals surface area contributed by atoms with Crippen LogP contribution in [0.2, 0.25) is 0 Å². The lowest BCUT2D eigenvalue weighted by atomic mass is 9.99. The molecule has 0 amide bonds. The zero-order valence-electron chi connectivity index (χ0n) is 8.85. The molecule has 0 bridgehead atoms. The van der Waals surface area contributed by atoms with Crippen LogP contribution in [0, 0.1) is 11.3 Å². The molecule has 0 aliphatic carbocycles. The smallest absolute Gasteiger partial charge is 0.150 e. The Morgan fingerprint density at radius 3 is 2.41 bits per heavy atom. The number of benzene rings is 2. The predicted octanol–water partition coefficient (Wildman–Crippen LogP) is 3.80. The van der Waals surface area contributed by atoms with Gasteiger partial charge in [0.25, 0.3) is 0 Å². The molecule has 0 saturated heterocycles. The van der Waals surface area contributed by atoms with E-state index in [-0.39, 0.29) is 0 Å². The van der Waals surface area contributed by atoms with Gasteiger partial charge >= 0.3 is 0 Å². The number of rotatable bonds is 2. The van der Waals surface area contributed by atoms with Crippen LogP contribution < -0.4 is 0 Å². The van der Waals surface area contributed by atoms with Gasteiger partial charge in [0.2, 0.25) is 0 Å². The largest absolute Gasteiger partial charge is 0.298 e. The molecule has 2 aromatic carbocycles. The van der Waals surface area contributed by atoms with Crippen LogP contribution in [0.1, 0.15) is 15.9 Å². The minimum atomic E-state index is 0.618. The molecule has 0 N–H and O–H groups in total. The second-order valence-corrected chi connectivity index (χ2v) is 4.46. The van der Waals surface area contributed by atoms with Gasteiger partial charge in [-0.1, -0.05) is 40.2 Å². The number of halogens is 1. The molecule has 2 nitrogen and oxygen atoms in total. The number of hydrogen-bond donors (Lipinski definition) is 0. The molecular weight excluding hydrogens is 278 g/mol. The highest BCUT2D eigenvalue weighted by Crippen LogP contribution is 2.26. The fourth-order valence-electron chi connectivity index (χ4n) is 1.59. The molecular formula is C14H8BrNO. The van der Waals surface area contributed by atoms with Gasteiger partial charge in [-0.25, -0.2) is 0 Å². The first-order valence-corrected chi connectivity index (χ1v) is 5.79. The van der Waals surface area contributed by atoms with Crippen LogP contribution in [-0.4, -0.2) is 6.29 Å². The zero-order valence-corrected chi connectivity index (χ0v) is 10.4. The Kier molecular flexibility index (Phi) is 3.36. The maximum Gasteiger partial charge on any atom is 0.150 e. The average Bonchev–Trinajstić information content (AvgIpc) is 2.39. The van der Waals surface area contributed by atoms with Crippen molar-refractivity contribution in [1.82, 2.24) is 0 Å². The maximum atomic E-state index is 10.6. The fraction of sp³-hybridized carbons (Fsp3) is 0. The van der Waals surface area contributed by atoms with Gasteiger partial charge in [0, 0.05) is 15.6 Å². The second-order valence-electron chi connectivity index (χ2n) is 3.54. The first-order chi connectivity index (χ1) is 8.24. The Morgan fingerprint density at radius 2 is 1.82 bits per heavy atom. The predicted molar refractivity (Wildman–Crippen MR) is 69.7 cm³/mol. The molecule has 0 atom stereocenters. The quantitative estimate of drug-likeness (QED) is 0.788. The summed E-state index contributed by atoms with van der Waals surface area (Å²) in [7, 11) is 0. The maximum absolute atomic E-state index is 10.6. The minimum Gasteiger partial charge on any atom is -0.298 e. The molecule has 0 radical (unpaired) electrons. The summed E-state index contributed by atoms with van der Waals surface area (Å²) < 4.78 is 0.922. The van der Waals surface area contributed by atoms with E-state index in [1.807, 2.05) is 24.3 Å². The van der Waals surface area contributed by atoms with Gasteiger partial charge in [0.1, 0.15) is 6.29 Å². The van der Waals surface area contributed by atoms with Crippen LogP contribution in [0.5, 0.6) is 0 Å². The first kappa shape index (κ1) is 11.6. The van der Waals surface area contributed by atoms with Gasteiger partial charge in [-0.15, -0.1) is 0 Å². The van der Waals surface area contributed by atoms with Crippen LogP contribution in [0.25, 0.3) is 11.1 Å². The van der Waals surface area contributed by atoms with Crippen LogP contribution in [0.15, 0.2) is 46.9 Å². The molecule has 0 saturated carbocycles. The van der Waals surface area contributed by atoms with E-state index in [0.717, 1.165) is 21.9 Å². The summed E-state index contributed by atoms with van der Waals surface area (Å²) in [6.07, 6.45) is 0.801. The first-order valence-electron chi connectivity index (χ1n) is 5.00. The van der Waals surface area contributed by atoms with Crippen LogP contribution in [0.4, 0.5) is 0 Å². The number of aldehydes is 1. The van der Waals surface area contributed by atoms with Gasteiger partial charge in [-0.05, 0) is 23.8 Å². The van der Waals surface area contributed by atoms with Crippen molar-refractivity contribution in [2.75, 3.05) is 0 Å². The van der Waals surface area contributed by atoms with E-state index in [9.17, 15) is 4.79 Å². The fourth-order valence-corrected chi connectivity index (χ4v) is 1.96. The average molecular weight is 286 g/mol. The number of nitrogens with zero attached hydrogens (tertiary/aromatic N) is 1. The van der Waals surface area contributed by atoms with Crippen LogP contribution in [0.3, 0.4) is 0 Å². The summed E-state index contributed by atoms with van der Waals surface area (Å²) in [5.74, 6) is 0. The lowest BCUT2D eigenvalue weighted by Crippen LogP contribution is -1.86. The number of carbonyl (C=O) groups excluding carboxylic acids is 1. The van der Waals surface area contributed by atoms with Crippen molar-refractivity contribution in [3.63, 3.8) is 0 Å². The van der Waals surface area contributed by atoms with E-state index < -0.39 is 0 Å². The third-order valence-electron chi connectivity index (χ3n) is 2.46. The molecule has 0 unspecified atom stereocenters. The van der Waals surface area contributed by atoms with Gasteiger partial charge in [0.15, 0.2) is 0 Å². The summed E-state index contributed by atoms with van der Waals surface area (Å²) in [6, 6.07) is 14.8. The zero-order chi connectivity index (χ0) is 12.3. The van der Waals surface area contributed by atoms with Crippen LogP contribution in [-0.2, 0) is 0 Å². The normalized spacial score (nSPS) is 9.65. The minimum absolute atomic E-state index is 0.618. The number of nitriles is 1. The van der Waals surface area contributed by atoms with Crippen molar-refractivity contribution in [2.45, 2.75) is 0 Å². The van der Waals surface area contributed by atoms with E-state index in [4.69, 9.17) is 5.26 Å². The lowest BCUT2D eigenvalue weighted by molar-refractivity contribution is 0.112. The van der Waals surface area contributed by atoms with Crippen molar-refractivity contribution < 1.29 is 4.79 Å². The van der Waals surface area contributed by atoms with Crippen molar-refractivity contribution in [3.05, 3.63) is 58.1 Å². The number of hydrogen-bond acceptors (Lipinski definition) is 2. The van der Waals surface area contributed by atoms with E-state index in [2.05, 4.69) is 22.0 Å². The van der Waals surface area contributed by atoms with Gasteiger partial charge in [0.05, 0.1) is 11.6 Å². The van der Waals surface area contributed by atoms with Gasteiger partial charge in [-0.2, -0.15) is 5.26 Å². The number of carbonyl (C=O) groups is 1. The molecule has 0 aliphatic rings.